The van der Waals surface area contributed by atoms with Crippen molar-refractivity contribution < 1.29 is 29.6 Å². The maximum Gasteiger partial charge on any atom is 0.174 e. The molecule has 7 heteroatoms. The number of carbonyl (C=O) groups is 1. The van der Waals surface area contributed by atoms with Crippen LogP contribution in [0, 0.1) is 0 Å². The molecule has 3 aromatic carbocycles. The van der Waals surface area contributed by atoms with Crippen molar-refractivity contribution in [3.63, 3.8) is 0 Å². The molecule has 0 saturated heterocycles. The second-order valence-electron chi connectivity index (χ2n) is 7.77. The molecule has 0 radical (unpaired) electrons. The van der Waals surface area contributed by atoms with Crippen molar-refractivity contribution >= 4 is 5.78 Å². The van der Waals surface area contributed by atoms with Crippen LogP contribution in [-0.4, -0.2) is 28.2 Å². The lowest BCUT2D eigenvalue weighted by molar-refractivity contribution is 0.0844. The maximum atomic E-state index is 12.9. The number of methoxy groups -OCH3 is 1. The first-order valence-corrected chi connectivity index (χ1v) is 10.3. The molecule has 32 heavy (non-hydrogen) atoms. The molecule has 4 N–H and O–H groups in total. The number of aromatic hydroxyl groups is 3. The number of fused-ring (bicyclic) bond motifs is 1. The summed E-state index contributed by atoms with van der Waals surface area (Å²) in [7, 11) is 1.45. The zero-order chi connectivity index (χ0) is 22.8. The molecular weight excluding hydrogens is 410 g/mol. The predicted octanol–water partition coefficient (Wildman–Crippen LogP) is 4.37. The molecule has 0 aromatic heterocycles. The summed E-state index contributed by atoms with van der Waals surface area (Å²) >= 11 is 0. The van der Waals surface area contributed by atoms with Crippen molar-refractivity contribution in [3.8, 4) is 28.7 Å². The Kier molecular flexibility index (Phi) is 5.92. The molecule has 0 aliphatic carbocycles. The topological polar surface area (TPSA) is 108 Å². The number of benzene rings is 3. The number of phenolic OH excluding ortho intramolecular Hbond substituents is 3. The number of Topliss-reactive ketones (excluding diaryl/α,β-unsaturated/α-hetero) is 1. The normalized spacial score (nSPS) is 16.2. The zero-order valence-corrected chi connectivity index (χ0v) is 17.8. The summed E-state index contributed by atoms with van der Waals surface area (Å²) in [4.78, 5) is 12.9. The third kappa shape index (κ3) is 4.07. The van der Waals surface area contributed by atoms with Gasteiger partial charge in [0.25, 0.3) is 0 Å². The van der Waals surface area contributed by atoms with Gasteiger partial charge in [0, 0.05) is 18.7 Å². The van der Waals surface area contributed by atoms with Crippen LogP contribution >= 0.6 is 0 Å². The van der Waals surface area contributed by atoms with E-state index < -0.39 is 6.10 Å². The van der Waals surface area contributed by atoms with E-state index in [0.717, 1.165) is 5.56 Å². The van der Waals surface area contributed by atoms with Gasteiger partial charge in [0.1, 0.15) is 28.9 Å². The van der Waals surface area contributed by atoms with Gasteiger partial charge in [-0.15, -0.1) is 0 Å². The van der Waals surface area contributed by atoms with Gasteiger partial charge in [0.2, 0.25) is 0 Å². The average Bonchev–Trinajstić information content (AvgIpc) is 2.78. The van der Waals surface area contributed by atoms with E-state index in [1.807, 2.05) is 37.3 Å². The van der Waals surface area contributed by atoms with Gasteiger partial charge in [-0.05, 0) is 30.2 Å². The summed E-state index contributed by atoms with van der Waals surface area (Å²) in [6.45, 7) is 2.15. The molecule has 2 atom stereocenters. The highest BCUT2D eigenvalue weighted by molar-refractivity contribution is 6.03. The number of hydrogen-bond acceptors (Lipinski definition) is 7. The van der Waals surface area contributed by atoms with Gasteiger partial charge in [-0.25, -0.2) is 0 Å². The van der Waals surface area contributed by atoms with Crippen LogP contribution in [0.3, 0.4) is 0 Å². The van der Waals surface area contributed by atoms with E-state index in [9.17, 15) is 20.1 Å². The maximum absolute atomic E-state index is 12.9. The van der Waals surface area contributed by atoms with Crippen LogP contribution in [0.25, 0.3) is 0 Å². The highest BCUT2D eigenvalue weighted by Crippen LogP contribution is 2.45. The number of hydrogen-bond donors (Lipinski definition) is 4. The number of carbonyl (C=O) groups excluding carboxylic acids is 1. The molecule has 0 fully saturated rings. The summed E-state index contributed by atoms with van der Waals surface area (Å²) in [6, 6.07) is 15.9. The van der Waals surface area contributed by atoms with Gasteiger partial charge in [-0.3, -0.25) is 4.79 Å². The highest BCUT2D eigenvalue weighted by atomic mass is 16.5. The first-order chi connectivity index (χ1) is 15.4. The molecule has 7 nitrogen and oxygen atoms in total. The second-order valence-corrected chi connectivity index (χ2v) is 7.77. The number of nitrogens with one attached hydrogen (secondary N) is 1. The standard InChI is InChI=1S/C25H25NO6/c1-14(15-6-4-3-5-7-15)26-13-17-18(27)11-23-24(25(17)30)20(29)12-22(32-23)16-8-9-21(31-2)19(28)10-16/h3-11,14,22,26-28,30H,12-13H2,1-2H3/t14?,22-/m0/s1. The summed E-state index contributed by atoms with van der Waals surface area (Å²) in [5.41, 5.74) is 1.95. The first-order valence-electron chi connectivity index (χ1n) is 10.3. The van der Waals surface area contributed by atoms with Crippen LogP contribution in [0.2, 0.25) is 0 Å². The van der Waals surface area contributed by atoms with Crippen molar-refractivity contribution in [2.45, 2.75) is 32.0 Å². The molecular formula is C25H25NO6. The molecule has 1 aliphatic rings. The molecule has 0 amide bonds. The molecule has 166 valence electrons. The van der Waals surface area contributed by atoms with Gasteiger partial charge in [0.05, 0.1) is 19.1 Å². The Morgan fingerprint density at radius 3 is 2.53 bits per heavy atom. The summed E-state index contributed by atoms with van der Waals surface area (Å²) in [6.07, 6.45) is -0.669. The van der Waals surface area contributed by atoms with E-state index in [-0.39, 0.29) is 58.9 Å². The minimum Gasteiger partial charge on any atom is -0.507 e. The Balaban J connectivity index is 1.57. The lowest BCUT2D eigenvalue weighted by Crippen LogP contribution is -2.22. The molecule has 0 spiro atoms. The minimum absolute atomic E-state index is 0.00953. The Morgan fingerprint density at radius 1 is 1.09 bits per heavy atom. The third-order valence-electron chi connectivity index (χ3n) is 5.72. The molecule has 3 aromatic rings. The Hall–Kier alpha value is -3.71. The molecule has 1 heterocycles. The minimum atomic E-state index is -0.660. The number of rotatable bonds is 6. The molecule has 1 unspecified atom stereocenters. The van der Waals surface area contributed by atoms with E-state index in [4.69, 9.17) is 9.47 Å². The lowest BCUT2D eigenvalue weighted by atomic mass is 9.93. The fourth-order valence-electron chi connectivity index (χ4n) is 3.88. The van der Waals surface area contributed by atoms with Crippen molar-refractivity contribution in [1.82, 2.24) is 5.32 Å². The largest absolute Gasteiger partial charge is 0.507 e. The van der Waals surface area contributed by atoms with Gasteiger partial charge >= 0.3 is 0 Å². The van der Waals surface area contributed by atoms with E-state index in [0.29, 0.717) is 11.3 Å². The smallest absolute Gasteiger partial charge is 0.174 e. The summed E-state index contributed by atoms with van der Waals surface area (Å²) < 4.78 is 11.0. The van der Waals surface area contributed by atoms with Crippen LogP contribution in [0.1, 0.15) is 52.5 Å². The molecule has 0 bridgehead atoms. The fraction of sp³-hybridized carbons (Fsp3) is 0.240. The Bertz CT molecular complexity index is 1140. The van der Waals surface area contributed by atoms with Gasteiger partial charge in [-0.2, -0.15) is 0 Å². The quantitative estimate of drug-likeness (QED) is 0.455. The zero-order valence-electron chi connectivity index (χ0n) is 17.8. The summed E-state index contributed by atoms with van der Waals surface area (Å²) in [5.74, 6) is -0.397. The molecule has 1 aliphatic heterocycles. The molecule has 4 rings (SSSR count). The Labute approximate surface area is 185 Å². The Morgan fingerprint density at radius 2 is 1.84 bits per heavy atom. The number of ether oxygens (including phenoxy) is 2. The van der Waals surface area contributed by atoms with Crippen molar-refractivity contribution in [1.29, 1.82) is 0 Å². The lowest BCUT2D eigenvalue weighted by Gasteiger charge is -2.27. The van der Waals surface area contributed by atoms with E-state index in [1.165, 1.54) is 19.2 Å². The fourth-order valence-corrected chi connectivity index (χ4v) is 3.88. The van der Waals surface area contributed by atoms with Crippen LogP contribution in [0.4, 0.5) is 0 Å². The van der Waals surface area contributed by atoms with E-state index in [1.54, 1.807) is 12.1 Å². The number of ketones is 1. The van der Waals surface area contributed by atoms with Crippen molar-refractivity contribution in [3.05, 3.63) is 76.9 Å². The van der Waals surface area contributed by atoms with Crippen LogP contribution in [0.5, 0.6) is 28.7 Å². The van der Waals surface area contributed by atoms with Gasteiger partial charge < -0.3 is 30.1 Å². The van der Waals surface area contributed by atoms with E-state index >= 15 is 0 Å². The first kappa shape index (κ1) is 21.5. The van der Waals surface area contributed by atoms with Gasteiger partial charge in [-0.1, -0.05) is 36.4 Å². The van der Waals surface area contributed by atoms with Crippen molar-refractivity contribution in [2.24, 2.45) is 0 Å². The predicted molar refractivity (Wildman–Crippen MR) is 118 cm³/mol. The number of phenols is 3. The SMILES string of the molecule is COc1ccc([C@@H]2CC(=O)c3c(cc(O)c(CNC(C)c4ccccc4)c3O)O2)cc1O. The summed E-state index contributed by atoms with van der Waals surface area (Å²) in [5, 5.41) is 34.6. The van der Waals surface area contributed by atoms with Crippen LogP contribution in [0.15, 0.2) is 54.6 Å². The van der Waals surface area contributed by atoms with Crippen LogP contribution < -0.4 is 14.8 Å². The highest BCUT2D eigenvalue weighted by Gasteiger charge is 2.33. The molecule has 0 saturated carbocycles. The monoisotopic (exact) mass is 435 g/mol. The second kappa shape index (κ2) is 8.80. The van der Waals surface area contributed by atoms with Gasteiger partial charge in [0.15, 0.2) is 17.3 Å². The third-order valence-corrected chi connectivity index (χ3v) is 5.72. The van der Waals surface area contributed by atoms with Crippen molar-refractivity contribution in [2.75, 3.05) is 7.11 Å². The average molecular weight is 435 g/mol. The van der Waals surface area contributed by atoms with Crippen LogP contribution in [-0.2, 0) is 6.54 Å². The van der Waals surface area contributed by atoms with E-state index in [2.05, 4.69) is 5.32 Å².